The number of likely N-dealkylation sites (N-methyl/N-ethyl adjacent to an activating group) is 1. The van der Waals surface area contributed by atoms with Gasteiger partial charge in [0.05, 0.1) is 5.69 Å². The van der Waals surface area contributed by atoms with Crippen molar-refractivity contribution in [1.82, 2.24) is 0 Å². The molecule has 1 aliphatic heterocycles. The summed E-state index contributed by atoms with van der Waals surface area (Å²) in [4.78, 5) is 13.8. The zero-order chi connectivity index (χ0) is 13.5. The first-order chi connectivity index (χ1) is 8.31. The number of amides is 1. The first-order valence-corrected chi connectivity index (χ1v) is 6.17. The van der Waals surface area contributed by atoms with Crippen molar-refractivity contribution in [3.05, 3.63) is 23.8 Å². The lowest BCUT2D eigenvalue weighted by molar-refractivity contribution is -0.132. The smallest absolute Gasteiger partial charge is 0.270 e. The summed E-state index contributed by atoms with van der Waals surface area (Å²) >= 11 is 0. The standard InChI is InChI=1S/C14H20N2O2/c1-9(15)7-10-5-6-12-11(8-10)16(4)13(17)14(2,3)18-12/h5-6,8-9H,7,15H2,1-4H3. The van der Waals surface area contributed by atoms with Crippen LogP contribution in [0.3, 0.4) is 0 Å². The Bertz CT molecular complexity index is 481. The minimum absolute atomic E-state index is 0.0343. The molecule has 98 valence electrons. The van der Waals surface area contributed by atoms with Crippen molar-refractivity contribution in [2.45, 2.75) is 38.8 Å². The maximum Gasteiger partial charge on any atom is 0.270 e. The highest BCUT2D eigenvalue weighted by Gasteiger charge is 2.39. The van der Waals surface area contributed by atoms with E-state index in [2.05, 4.69) is 0 Å². The topological polar surface area (TPSA) is 55.6 Å². The molecule has 1 atom stereocenters. The Labute approximate surface area is 108 Å². The number of nitrogens with zero attached hydrogens (tertiary/aromatic N) is 1. The summed E-state index contributed by atoms with van der Waals surface area (Å²) in [7, 11) is 1.78. The number of fused-ring (bicyclic) bond motifs is 1. The lowest BCUT2D eigenvalue weighted by Gasteiger charge is -2.37. The number of carbonyl (C=O) groups excluding carboxylic acids is 1. The van der Waals surface area contributed by atoms with Gasteiger partial charge in [0.1, 0.15) is 5.75 Å². The van der Waals surface area contributed by atoms with E-state index < -0.39 is 5.60 Å². The summed E-state index contributed by atoms with van der Waals surface area (Å²) in [5.74, 6) is 0.712. The van der Waals surface area contributed by atoms with Crippen LogP contribution in [0.25, 0.3) is 0 Å². The fraction of sp³-hybridized carbons (Fsp3) is 0.500. The first-order valence-electron chi connectivity index (χ1n) is 6.17. The summed E-state index contributed by atoms with van der Waals surface area (Å²) in [5.41, 5.74) is 6.93. The third-order valence-corrected chi connectivity index (χ3v) is 3.13. The number of carbonyl (C=O) groups is 1. The largest absolute Gasteiger partial charge is 0.476 e. The molecule has 2 rings (SSSR count). The van der Waals surface area contributed by atoms with Crippen LogP contribution >= 0.6 is 0 Å². The lowest BCUT2D eigenvalue weighted by atomic mass is 10.0. The normalized spacial score (nSPS) is 19.2. The van der Waals surface area contributed by atoms with Crippen LogP contribution in [0.4, 0.5) is 5.69 Å². The average Bonchev–Trinajstić information content (AvgIpc) is 2.26. The lowest BCUT2D eigenvalue weighted by Crippen LogP contribution is -2.50. The molecule has 4 nitrogen and oxygen atoms in total. The average molecular weight is 248 g/mol. The van der Waals surface area contributed by atoms with Gasteiger partial charge in [-0.25, -0.2) is 0 Å². The van der Waals surface area contributed by atoms with Crippen molar-refractivity contribution < 1.29 is 9.53 Å². The molecular weight excluding hydrogens is 228 g/mol. The van der Waals surface area contributed by atoms with E-state index in [1.54, 1.807) is 25.8 Å². The van der Waals surface area contributed by atoms with Crippen molar-refractivity contribution in [2.75, 3.05) is 11.9 Å². The van der Waals surface area contributed by atoms with Gasteiger partial charge in [-0.1, -0.05) is 6.07 Å². The summed E-state index contributed by atoms with van der Waals surface area (Å²) < 4.78 is 5.74. The van der Waals surface area contributed by atoms with E-state index in [1.807, 2.05) is 25.1 Å². The molecule has 1 aromatic carbocycles. The van der Waals surface area contributed by atoms with Crippen LogP contribution in [0.2, 0.25) is 0 Å². The second kappa shape index (κ2) is 4.28. The molecule has 4 heteroatoms. The van der Waals surface area contributed by atoms with E-state index in [0.717, 1.165) is 23.4 Å². The van der Waals surface area contributed by atoms with Crippen molar-refractivity contribution in [3.63, 3.8) is 0 Å². The predicted octanol–water partition coefficient (Wildman–Crippen LogP) is 1.71. The molecular formula is C14H20N2O2. The molecule has 18 heavy (non-hydrogen) atoms. The molecule has 2 N–H and O–H groups in total. The van der Waals surface area contributed by atoms with Crippen LogP contribution in [-0.4, -0.2) is 24.6 Å². The molecule has 1 amide bonds. The minimum Gasteiger partial charge on any atom is -0.476 e. The zero-order valence-corrected chi connectivity index (χ0v) is 11.4. The second-order valence-electron chi connectivity index (χ2n) is 5.46. The summed E-state index contributed by atoms with van der Waals surface area (Å²) in [6.45, 7) is 5.53. The number of ether oxygens (including phenoxy) is 1. The fourth-order valence-electron chi connectivity index (χ4n) is 2.24. The number of hydrogen-bond donors (Lipinski definition) is 1. The van der Waals surface area contributed by atoms with E-state index in [1.165, 1.54) is 0 Å². The van der Waals surface area contributed by atoms with Crippen LogP contribution in [0, 0.1) is 0 Å². The van der Waals surface area contributed by atoms with E-state index in [-0.39, 0.29) is 11.9 Å². The maximum atomic E-state index is 12.1. The highest BCUT2D eigenvalue weighted by Crippen LogP contribution is 2.37. The van der Waals surface area contributed by atoms with E-state index in [4.69, 9.17) is 10.5 Å². The number of hydrogen-bond acceptors (Lipinski definition) is 3. The van der Waals surface area contributed by atoms with Gasteiger partial charge in [0.25, 0.3) is 5.91 Å². The van der Waals surface area contributed by atoms with Crippen LogP contribution in [0.15, 0.2) is 18.2 Å². The van der Waals surface area contributed by atoms with Crippen LogP contribution < -0.4 is 15.4 Å². The van der Waals surface area contributed by atoms with Gasteiger partial charge in [0.15, 0.2) is 5.60 Å². The Kier molecular flexibility index (Phi) is 3.07. The van der Waals surface area contributed by atoms with E-state index in [9.17, 15) is 4.79 Å². The number of anilines is 1. The predicted molar refractivity (Wildman–Crippen MR) is 71.9 cm³/mol. The number of nitrogens with two attached hydrogens (primary N) is 1. The van der Waals surface area contributed by atoms with Crippen LogP contribution in [0.1, 0.15) is 26.3 Å². The zero-order valence-electron chi connectivity index (χ0n) is 11.4. The molecule has 1 unspecified atom stereocenters. The third-order valence-electron chi connectivity index (χ3n) is 3.13. The van der Waals surface area contributed by atoms with Gasteiger partial charge in [-0.05, 0) is 44.9 Å². The van der Waals surface area contributed by atoms with Gasteiger partial charge < -0.3 is 15.4 Å². The Balaban J connectivity index is 2.39. The van der Waals surface area contributed by atoms with E-state index >= 15 is 0 Å². The highest BCUT2D eigenvalue weighted by molar-refractivity contribution is 6.01. The molecule has 0 spiro atoms. The molecule has 0 aliphatic carbocycles. The number of benzene rings is 1. The second-order valence-corrected chi connectivity index (χ2v) is 5.46. The summed E-state index contributed by atoms with van der Waals surface area (Å²) in [5, 5.41) is 0. The third kappa shape index (κ3) is 2.20. The maximum absolute atomic E-state index is 12.1. The molecule has 0 bridgehead atoms. The molecule has 0 radical (unpaired) electrons. The number of rotatable bonds is 2. The summed E-state index contributed by atoms with van der Waals surface area (Å²) in [6, 6.07) is 6.00. The first kappa shape index (κ1) is 12.9. The molecule has 1 heterocycles. The SMILES string of the molecule is CC(N)Cc1ccc2c(c1)N(C)C(=O)C(C)(C)O2. The van der Waals surface area contributed by atoms with Crippen molar-refractivity contribution in [1.29, 1.82) is 0 Å². The van der Waals surface area contributed by atoms with Gasteiger partial charge in [0.2, 0.25) is 0 Å². The van der Waals surface area contributed by atoms with Gasteiger partial charge in [-0.15, -0.1) is 0 Å². The van der Waals surface area contributed by atoms with E-state index in [0.29, 0.717) is 0 Å². The quantitative estimate of drug-likeness (QED) is 0.867. The highest BCUT2D eigenvalue weighted by atomic mass is 16.5. The van der Waals surface area contributed by atoms with Crippen molar-refractivity contribution in [2.24, 2.45) is 5.73 Å². The molecule has 1 aromatic rings. The van der Waals surface area contributed by atoms with Crippen molar-refractivity contribution in [3.8, 4) is 5.75 Å². The molecule has 0 saturated carbocycles. The van der Waals surface area contributed by atoms with Crippen LogP contribution in [-0.2, 0) is 11.2 Å². The Morgan fingerprint density at radius 3 is 2.72 bits per heavy atom. The Morgan fingerprint density at radius 1 is 1.44 bits per heavy atom. The molecule has 0 fully saturated rings. The van der Waals surface area contributed by atoms with Crippen LogP contribution in [0.5, 0.6) is 5.75 Å². The van der Waals surface area contributed by atoms with Gasteiger partial charge in [-0.2, -0.15) is 0 Å². The van der Waals surface area contributed by atoms with Gasteiger partial charge in [-0.3, -0.25) is 4.79 Å². The van der Waals surface area contributed by atoms with Crippen molar-refractivity contribution >= 4 is 11.6 Å². The Hall–Kier alpha value is -1.55. The molecule has 1 aliphatic rings. The Morgan fingerprint density at radius 2 is 2.11 bits per heavy atom. The minimum atomic E-state index is -0.801. The van der Waals surface area contributed by atoms with Gasteiger partial charge >= 0.3 is 0 Å². The monoisotopic (exact) mass is 248 g/mol. The van der Waals surface area contributed by atoms with Gasteiger partial charge in [0, 0.05) is 13.1 Å². The fourth-order valence-corrected chi connectivity index (χ4v) is 2.24. The molecule has 0 aromatic heterocycles. The molecule has 0 saturated heterocycles. The summed E-state index contributed by atoms with van der Waals surface area (Å²) in [6.07, 6.45) is 0.790.